The summed E-state index contributed by atoms with van der Waals surface area (Å²) in [6, 6.07) is 5.77. The van der Waals surface area contributed by atoms with Gasteiger partial charge in [0.15, 0.2) is 5.12 Å². The number of allylic oxidation sites excluding steroid dienone is 2. The predicted octanol–water partition coefficient (Wildman–Crippen LogP) is 3.23. The van der Waals surface area contributed by atoms with Crippen LogP contribution >= 0.6 is 11.8 Å². The summed E-state index contributed by atoms with van der Waals surface area (Å²) in [6.07, 6.45) is 0.470. The highest BCUT2D eigenvalue weighted by molar-refractivity contribution is 8.13. The highest BCUT2D eigenvalue weighted by Gasteiger charge is 2.38. The molecule has 0 aliphatic carbocycles. The van der Waals surface area contributed by atoms with E-state index < -0.39 is 22.8 Å². The second-order valence-electron chi connectivity index (χ2n) is 7.45. The molecule has 1 aliphatic heterocycles. The number of nitro benzene ring substituents is 1. The molecule has 0 saturated heterocycles. The normalized spacial score (nSPS) is 15.6. The van der Waals surface area contributed by atoms with Gasteiger partial charge in [-0.2, -0.15) is 0 Å². The second kappa shape index (κ2) is 12.9. The summed E-state index contributed by atoms with van der Waals surface area (Å²) in [5.74, 6) is -1.77. The maximum absolute atomic E-state index is 13.1. The fourth-order valence-corrected chi connectivity index (χ4v) is 4.05. The maximum Gasteiger partial charge on any atom is 0.336 e. The molecule has 1 aromatic rings. The van der Waals surface area contributed by atoms with Gasteiger partial charge in [0.05, 0.1) is 35.2 Å². The largest absolute Gasteiger partial charge is 0.462 e. The minimum Gasteiger partial charge on any atom is -0.462 e. The number of rotatable bonds is 11. The lowest BCUT2D eigenvalue weighted by Gasteiger charge is -2.30. The third-order valence-electron chi connectivity index (χ3n) is 4.96. The lowest BCUT2D eigenvalue weighted by atomic mass is 9.80. The highest BCUT2D eigenvalue weighted by Crippen LogP contribution is 2.40. The number of methoxy groups -OCH3 is 1. The van der Waals surface area contributed by atoms with E-state index in [1.54, 1.807) is 19.9 Å². The number of carbonyl (C=O) groups excluding carboxylic acids is 3. The second-order valence-corrected chi connectivity index (χ2v) is 8.72. The molecular weight excluding hydrogens is 464 g/mol. The Hall–Kier alpha value is -3.18. The van der Waals surface area contributed by atoms with E-state index in [9.17, 15) is 24.5 Å². The Morgan fingerprint density at radius 2 is 1.68 bits per heavy atom. The summed E-state index contributed by atoms with van der Waals surface area (Å²) in [7, 11) is 1.47. The van der Waals surface area contributed by atoms with Crippen LogP contribution < -0.4 is 5.32 Å². The number of thioether (sulfide) groups is 1. The first-order valence-corrected chi connectivity index (χ1v) is 11.5. The third kappa shape index (κ3) is 7.16. The summed E-state index contributed by atoms with van der Waals surface area (Å²) in [4.78, 5) is 48.0. The number of dihydropyridines is 1. The van der Waals surface area contributed by atoms with Crippen LogP contribution in [-0.2, 0) is 28.6 Å². The summed E-state index contributed by atoms with van der Waals surface area (Å²) in [5, 5.41) is 14.4. The van der Waals surface area contributed by atoms with E-state index >= 15 is 0 Å². The molecule has 0 saturated carbocycles. The monoisotopic (exact) mass is 492 g/mol. The summed E-state index contributed by atoms with van der Waals surface area (Å²) in [5.41, 5.74) is 1.45. The highest BCUT2D eigenvalue weighted by atomic mass is 32.2. The molecule has 184 valence electrons. The number of benzene rings is 1. The van der Waals surface area contributed by atoms with Crippen molar-refractivity contribution in [2.45, 2.75) is 33.1 Å². The van der Waals surface area contributed by atoms with Gasteiger partial charge in [0, 0.05) is 43.3 Å². The van der Waals surface area contributed by atoms with Crippen LogP contribution in [0.1, 0.15) is 38.7 Å². The average Bonchev–Trinajstić information content (AvgIpc) is 2.78. The molecule has 0 bridgehead atoms. The Bertz CT molecular complexity index is 1020. The van der Waals surface area contributed by atoms with E-state index in [4.69, 9.17) is 14.2 Å². The minimum atomic E-state index is -0.935. The lowest BCUT2D eigenvalue weighted by Crippen LogP contribution is -2.33. The number of esters is 2. The first-order valence-electron chi connectivity index (χ1n) is 10.6. The van der Waals surface area contributed by atoms with Crippen molar-refractivity contribution < 1.29 is 33.5 Å². The van der Waals surface area contributed by atoms with Gasteiger partial charge in [0.2, 0.25) is 0 Å². The molecule has 1 aliphatic rings. The van der Waals surface area contributed by atoms with E-state index in [0.29, 0.717) is 29.1 Å². The fourth-order valence-electron chi connectivity index (χ4n) is 3.50. The number of nitrogens with zero attached hydrogens (tertiary/aromatic N) is 1. The van der Waals surface area contributed by atoms with Crippen LogP contribution in [0.4, 0.5) is 5.69 Å². The number of nitrogens with one attached hydrogen (secondary N) is 1. The van der Waals surface area contributed by atoms with E-state index in [1.807, 2.05) is 0 Å². The molecule has 2 rings (SSSR count). The van der Waals surface area contributed by atoms with Crippen molar-refractivity contribution in [3.8, 4) is 0 Å². The van der Waals surface area contributed by atoms with Gasteiger partial charge < -0.3 is 19.5 Å². The van der Waals surface area contributed by atoms with Gasteiger partial charge in [-0.25, -0.2) is 9.59 Å². The zero-order chi connectivity index (χ0) is 25.3. The fraction of sp³-hybridized carbons (Fsp3) is 0.435. The Morgan fingerprint density at radius 1 is 1.06 bits per heavy atom. The standard InChI is InChI=1S/C23H28N2O8S/c1-14-19(22(27)32-9-6-12-34-16(3)26)21(17-7-5-8-18(13-17)25(29)30)20(15(2)24-14)23(28)33-11-10-31-4/h5,7-8,13,21,24H,6,9-12H2,1-4H3. The minimum absolute atomic E-state index is 0.00403. The zero-order valence-electron chi connectivity index (χ0n) is 19.5. The number of nitro groups is 1. The first-order chi connectivity index (χ1) is 16.2. The van der Waals surface area contributed by atoms with Crippen molar-refractivity contribution in [1.82, 2.24) is 5.32 Å². The Balaban J connectivity index is 2.41. The molecule has 34 heavy (non-hydrogen) atoms. The molecule has 10 nitrogen and oxygen atoms in total. The van der Waals surface area contributed by atoms with Crippen LogP contribution in [0, 0.1) is 10.1 Å². The summed E-state index contributed by atoms with van der Waals surface area (Å²) >= 11 is 1.14. The van der Waals surface area contributed by atoms with E-state index in [1.165, 1.54) is 32.2 Å². The molecule has 1 aromatic carbocycles. The van der Waals surface area contributed by atoms with Crippen LogP contribution in [0.3, 0.4) is 0 Å². The van der Waals surface area contributed by atoms with Gasteiger partial charge in [0.1, 0.15) is 6.61 Å². The van der Waals surface area contributed by atoms with Gasteiger partial charge in [-0.05, 0) is 25.8 Å². The predicted molar refractivity (Wildman–Crippen MR) is 126 cm³/mol. The Labute approximate surface area is 201 Å². The zero-order valence-corrected chi connectivity index (χ0v) is 20.4. The van der Waals surface area contributed by atoms with Gasteiger partial charge >= 0.3 is 11.9 Å². The molecule has 1 unspecified atom stereocenters. The van der Waals surface area contributed by atoms with Crippen molar-refractivity contribution in [3.05, 3.63) is 62.5 Å². The topological polar surface area (TPSA) is 134 Å². The molecule has 0 fully saturated rings. The van der Waals surface area contributed by atoms with Crippen LogP contribution in [0.2, 0.25) is 0 Å². The van der Waals surface area contributed by atoms with E-state index in [2.05, 4.69) is 5.32 Å². The van der Waals surface area contributed by atoms with Gasteiger partial charge in [-0.1, -0.05) is 23.9 Å². The van der Waals surface area contributed by atoms with Crippen molar-refractivity contribution in [2.75, 3.05) is 32.7 Å². The van der Waals surface area contributed by atoms with Crippen molar-refractivity contribution in [2.24, 2.45) is 0 Å². The van der Waals surface area contributed by atoms with Crippen LogP contribution in [0.25, 0.3) is 0 Å². The van der Waals surface area contributed by atoms with Crippen LogP contribution in [0.15, 0.2) is 46.8 Å². The number of carbonyl (C=O) groups is 3. The van der Waals surface area contributed by atoms with Crippen molar-refractivity contribution >= 4 is 34.5 Å². The molecule has 1 atom stereocenters. The van der Waals surface area contributed by atoms with E-state index in [0.717, 1.165) is 11.8 Å². The first kappa shape index (κ1) is 27.1. The average molecular weight is 493 g/mol. The molecule has 0 aromatic heterocycles. The number of ether oxygens (including phenoxy) is 3. The molecule has 1 N–H and O–H groups in total. The molecule has 0 amide bonds. The molecule has 11 heteroatoms. The van der Waals surface area contributed by atoms with Crippen LogP contribution in [0.5, 0.6) is 0 Å². The number of non-ortho nitro benzene ring substituents is 1. The summed E-state index contributed by atoms with van der Waals surface area (Å²) < 4.78 is 15.7. The molecule has 0 spiro atoms. The lowest BCUT2D eigenvalue weighted by molar-refractivity contribution is -0.384. The van der Waals surface area contributed by atoms with Gasteiger partial charge in [-0.15, -0.1) is 0 Å². The smallest absolute Gasteiger partial charge is 0.336 e. The summed E-state index contributed by atoms with van der Waals surface area (Å²) in [6.45, 7) is 5.07. The quantitative estimate of drug-likeness (QED) is 0.212. The Morgan fingerprint density at radius 3 is 2.24 bits per heavy atom. The van der Waals surface area contributed by atoms with E-state index in [-0.39, 0.29) is 41.8 Å². The van der Waals surface area contributed by atoms with Crippen molar-refractivity contribution in [3.63, 3.8) is 0 Å². The number of hydrogen-bond acceptors (Lipinski definition) is 10. The van der Waals surface area contributed by atoms with Crippen molar-refractivity contribution in [1.29, 1.82) is 0 Å². The van der Waals surface area contributed by atoms with Gasteiger partial charge in [0.25, 0.3) is 5.69 Å². The third-order valence-corrected chi connectivity index (χ3v) is 5.86. The van der Waals surface area contributed by atoms with Crippen LogP contribution in [-0.4, -0.2) is 54.7 Å². The van der Waals surface area contributed by atoms with Gasteiger partial charge in [-0.3, -0.25) is 14.9 Å². The molecular formula is C23H28N2O8S. The number of hydrogen-bond donors (Lipinski definition) is 1. The Kier molecular flexibility index (Phi) is 10.3. The SMILES string of the molecule is COCCOC(=O)C1=C(C)NC(C)=C(C(=O)OCCCSC(C)=O)C1c1cccc([N+](=O)[O-])c1. The molecule has 1 heterocycles. The molecule has 0 radical (unpaired) electrons. The maximum atomic E-state index is 13.1.